The summed E-state index contributed by atoms with van der Waals surface area (Å²) in [6, 6.07) is 5.46. The molecule has 0 aromatic heterocycles. The lowest BCUT2D eigenvalue weighted by molar-refractivity contribution is -0.117. The first-order chi connectivity index (χ1) is 8.26. The fourth-order valence-electron chi connectivity index (χ4n) is 1.81. The smallest absolute Gasteiger partial charge is 0.240 e. The highest BCUT2D eigenvalue weighted by molar-refractivity contribution is 5.94. The number of hydrogen-bond acceptors (Lipinski definition) is 4. The van der Waals surface area contributed by atoms with Crippen LogP contribution in [0.1, 0.15) is 6.92 Å². The third-order valence-corrected chi connectivity index (χ3v) is 2.63. The molecule has 92 valence electrons. The third-order valence-electron chi connectivity index (χ3n) is 2.63. The summed E-state index contributed by atoms with van der Waals surface area (Å²) in [5, 5.41) is 0. The maximum absolute atomic E-state index is 11.6. The SMILES string of the molecule is CCN(C(=O)CN)c1ccc2c(c1)OCCO2. The van der Waals surface area contributed by atoms with E-state index in [1.165, 1.54) is 0 Å². The summed E-state index contributed by atoms with van der Waals surface area (Å²) in [5.41, 5.74) is 6.16. The van der Waals surface area contributed by atoms with E-state index in [1.807, 2.05) is 25.1 Å². The Kier molecular flexibility index (Phi) is 3.49. The Hall–Kier alpha value is -1.75. The second-order valence-electron chi connectivity index (χ2n) is 3.67. The summed E-state index contributed by atoms with van der Waals surface area (Å²) < 4.78 is 10.9. The topological polar surface area (TPSA) is 64.8 Å². The van der Waals surface area contributed by atoms with Crippen molar-refractivity contribution in [3.8, 4) is 11.5 Å². The van der Waals surface area contributed by atoms with Crippen LogP contribution in [0, 0.1) is 0 Å². The number of carbonyl (C=O) groups excluding carboxylic acids is 1. The Morgan fingerprint density at radius 3 is 2.71 bits per heavy atom. The number of nitrogens with two attached hydrogens (primary N) is 1. The van der Waals surface area contributed by atoms with Crippen LogP contribution in [0.3, 0.4) is 0 Å². The van der Waals surface area contributed by atoms with Gasteiger partial charge in [-0.15, -0.1) is 0 Å². The van der Waals surface area contributed by atoms with Crippen LogP contribution in [-0.2, 0) is 4.79 Å². The van der Waals surface area contributed by atoms with E-state index >= 15 is 0 Å². The molecular weight excluding hydrogens is 220 g/mol. The van der Waals surface area contributed by atoms with E-state index in [4.69, 9.17) is 15.2 Å². The van der Waals surface area contributed by atoms with Gasteiger partial charge in [-0.1, -0.05) is 0 Å². The van der Waals surface area contributed by atoms with Crippen LogP contribution in [0.15, 0.2) is 18.2 Å². The molecule has 0 radical (unpaired) electrons. The summed E-state index contributed by atoms with van der Waals surface area (Å²) in [6.07, 6.45) is 0. The molecule has 0 bridgehead atoms. The summed E-state index contributed by atoms with van der Waals surface area (Å²) in [5.74, 6) is 1.29. The highest BCUT2D eigenvalue weighted by atomic mass is 16.6. The molecule has 0 saturated carbocycles. The number of hydrogen-bond donors (Lipinski definition) is 1. The van der Waals surface area contributed by atoms with Gasteiger partial charge in [0.25, 0.3) is 0 Å². The van der Waals surface area contributed by atoms with Gasteiger partial charge in [0.05, 0.1) is 6.54 Å². The van der Waals surface area contributed by atoms with E-state index in [1.54, 1.807) is 4.90 Å². The van der Waals surface area contributed by atoms with E-state index in [-0.39, 0.29) is 12.5 Å². The molecule has 0 unspecified atom stereocenters. The maximum atomic E-state index is 11.6. The Bertz CT molecular complexity index is 420. The first kappa shape index (κ1) is 11.7. The molecule has 2 N–H and O–H groups in total. The largest absolute Gasteiger partial charge is 0.486 e. The standard InChI is InChI=1S/C12H16N2O3/c1-2-14(12(15)8-13)9-3-4-10-11(7-9)17-6-5-16-10/h3-4,7H,2,5-6,8,13H2,1H3. The predicted molar refractivity (Wildman–Crippen MR) is 64.5 cm³/mol. The minimum atomic E-state index is -0.107. The quantitative estimate of drug-likeness (QED) is 0.842. The van der Waals surface area contributed by atoms with Crippen LogP contribution in [0.2, 0.25) is 0 Å². The highest BCUT2D eigenvalue weighted by Gasteiger charge is 2.17. The van der Waals surface area contributed by atoms with Crippen LogP contribution in [0.4, 0.5) is 5.69 Å². The lowest BCUT2D eigenvalue weighted by Crippen LogP contribution is -2.35. The monoisotopic (exact) mass is 236 g/mol. The average Bonchev–Trinajstić information content (AvgIpc) is 2.39. The number of amides is 1. The molecule has 1 aromatic rings. The second-order valence-corrected chi connectivity index (χ2v) is 3.67. The van der Waals surface area contributed by atoms with Gasteiger partial charge in [-0.3, -0.25) is 4.79 Å². The zero-order valence-electron chi connectivity index (χ0n) is 9.81. The molecular formula is C12H16N2O3. The summed E-state index contributed by atoms with van der Waals surface area (Å²) in [6.45, 7) is 3.58. The van der Waals surface area contributed by atoms with Gasteiger partial charge in [0.1, 0.15) is 13.2 Å². The zero-order chi connectivity index (χ0) is 12.3. The number of fused-ring (bicyclic) bond motifs is 1. The summed E-state index contributed by atoms with van der Waals surface area (Å²) in [7, 11) is 0. The van der Waals surface area contributed by atoms with Crippen LogP contribution in [0.5, 0.6) is 11.5 Å². The van der Waals surface area contributed by atoms with Crippen LogP contribution >= 0.6 is 0 Å². The second kappa shape index (κ2) is 5.05. The Morgan fingerprint density at radius 1 is 1.35 bits per heavy atom. The van der Waals surface area contributed by atoms with Crippen molar-refractivity contribution in [1.29, 1.82) is 0 Å². The van der Waals surface area contributed by atoms with E-state index < -0.39 is 0 Å². The van der Waals surface area contributed by atoms with Gasteiger partial charge in [-0.25, -0.2) is 0 Å². The normalized spacial score (nSPS) is 13.3. The molecule has 2 rings (SSSR count). The number of nitrogens with zero attached hydrogens (tertiary/aromatic N) is 1. The predicted octanol–water partition coefficient (Wildman–Crippen LogP) is 0.769. The first-order valence-corrected chi connectivity index (χ1v) is 5.66. The minimum Gasteiger partial charge on any atom is -0.486 e. The van der Waals surface area contributed by atoms with Crippen LogP contribution in [-0.4, -0.2) is 32.2 Å². The van der Waals surface area contributed by atoms with Crippen molar-refractivity contribution in [3.05, 3.63) is 18.2 Å². The molecule has 0 aliphatic carbocycles. The van der Waals surface area contributed by atoms with Crippen molar-refractivity contribution in [1.82, 2.24) is 0 Å². The van der Waals surface area contributed by atoms with Crippen LogP contribution in [0.25, 0.3) is 0 Å². The Morgan fingerprint density at radius 2 is 2.06 bits per heavy atom. The molecule has 5 nitrogen and oxygen atoms in total. The molecule has 1 aliphatic rings. The lowest BCUT2D eigenvalue weighted by atomic mass is 10.2. The van der Waals surface area contributed by atoms with E-state index in [9.17, 15) is 4.79 Å². The average molecular weight is 236 g/mol. The highest BCUT2D eigenvalue weighted by Crippen LogP contribution is 2.33. The summed E-state index contributed by atoms with van der Waals surface area (Å²) in [4.78, 5) is 13.3. The molecule has 0 atom stereocenters. The van der Waals surface area contributed by atoms with Gasteiger partial charge in [-0.2, -0.15) is 0 Å². The zero-order valence-corrected chi connectivity index (χ0v) is 9.81. The number of anilines is 1. The van der Waals surface area contributed by atoms with Gasteiger partial charge in [0.15, 0.2) is 11.5 Å². The van der Waals surface area contributed by atoms with Crippen molar-refractivity contribution < 1.29 is 14.3 Å². The molecule has 1 heterocycles. The molecule has 0 fully saturated rings. The number of ether oxygens (including phenoxy) is 2. The molecule has 1 aromatic carbocycles. The van der Waals surface area contributed by atoms with Crippen LogP contribution < -0.4 is 20.1 Å². The number of benzene rings is 1. The summed E-state index contributed by atoms with van der Waals surface area (Å²) >= 11 is 0. The number of rotatable bonds is 3. The van der Waals surface area contributed by atoms with E-state index in [0.29, 0.717) is 25.5 Å². The van der Waals surface area contributed by atoms with Crippen molar-refractivity contribution in [2.24, 2.45) is 5.73 Å². The van der Waals surface area contributed by atoms with Gasteiger partial charge in [0.2, 0.25) is 5.91 Å². The number of likely N-dealkylation sites (N-methyl/N-ethyl adjacent to an activating group) is 1. The fourth-order valence-corrected chi connectivity index (χ4v) is 1.81. The Balaban J connectivity index is 2.29. The number of carbonyl (C=O) groups is 1. The van der Waals surface area contributed by atoms with Crippen molar-refractivity contribution in [3.63, 3.8) is 0 Å². The lowest BCUT2D eigenvalue weighted by Gasteiger charge is -2.23. The third kappa shape index (κ3) is 2.34. The van der Waals surface area contributed by atoms with Crippen molar-refractivity contribution in [2.75, 3.05) is 31.2 Å². The molecule has 17 heavy (non-hydrogen) atoms. The van der Waals surface area contributed by atoms with Gasteiger partial charge < -0.3 is 20.1 Å². The Labute approximate surface area is 100 Å². The molecule has 1 aliphatic heterocycles. The molecule has 0 spiro atoms. The van der Waals surface area contributed by atoms with Crippen molar-refractivity contribution in [2.45, 2.75) is 6.92 Å². The fraction of sp³-hybridized carbons (Fsp3) is 0.417. The molecule has 1 amide bonds. The van der Waals surface area contributed by atoms with E-state index in [2.05, 4.69) is 0 Å². The minimum absolute atomic E-state index is 0.00226. The van der Waals surface area contributed by atoms with Gasteiger partial charge >= 0.3 is 0 Å². The molecule has 0 saturated heterocycles. The van der Waals surface area contributed by atoms with E-state index in [0.717, 1.165) is 11.4 Å². The van der Waals surface area contributed by atoms with Gasteiger partial charge in [0, 0.05) is 18.3 Å². The maximum Gasteiger partial charge on any atom is 0.240 e. The van der Waals surface area contributed by atoms with Gasteiger partial charge in [-0.05, 0) is 19.1 Å². The molecule has 5 heteroatoms. The first-order valence-electron chi connectivity index (χ1n) is 5.66. The van der Waals surface area contributed by atoms with Crippen molar-refractivity contribution >= 4 is 11.6 Å².